The summed E-state index contributed by atoms with van der Waals surface area (Å²) in [5, 5.41) is 9.17. The van der Waals surface area contributed by atoms with Crippen LogP contribution in [0, 0.1) is 30.6 Å². The number of rotatable bonds is 0. The number of aryl methyl sites for hydroxylation is 2. The fourth-order valence-corrected chi connectivity index (χ4v) is 2.58. The van der Waals surface area contributed by atoms with Gasteiger partial charge < -0.3 is 0 Å². The van der Waals surface area contributed by atoms with Crippen LogP contribution in [-0.2, 0) is 6.42 Å². The lowest BCUT2D eigenvalue weighted by atomic mass is 9.88. The summed E-state index contributed by atoms with van der Waals surface area (Å²) in [6, 6.07) is 4.17. The minimum atomic E-state index is -0.355. The van der Waals surface area contributed by atoms with E-state index in [2.05, 4.69) is 6.07 Å². The molecule has 2 nitrogen and oxygen atoms in total. The molecule has 0 unspecified atom stereocenters. The van der Waals surface area contributed by atoms with E-state index in [1.54, 1.807) is 0 Å². The molecule has 0 heterocycles. The molecule has 1 aliphatic rings. The molecular weight excluding hydrogens is 198 g/mol. The molecule has 0 aromatic heterocycles. The molecule has 0 atom stereocenters. The summed E-state index contributed by atoms with van der Waals surface area (Å²) in [6.45, 7) is 7.78. The predicted octanol–water partition coefficient (Wildman–Crippen LogP) is 2.94. The average molecular weight is 213 g/mol. The molecule has 0 saturated heterocycles. The van der Waals surface area contributed by atoms with Crippen molar-refractivity contribution in [3.8, 4) is 6.07 Å². The molecule has 0 radical (unpaired) electrons. The molecule has 2 heteroatoms. The molecule has 1 aromatic carbocycles. The first-order chi connectivity index (χ1) is 7.38. The largest absolute Gasteiger partial charge is 0.294 e. The molecule has 0 bridgehead atoms. The van der Waals surface area contributed by atoms with Crippen LogP contribution in [0.2, 0.25) is 0 Å². The first kappa shape index (κ1) is 10.9. The minimum absolute atomic E-state index is 0.177. The lowest BCUT2D eigenvalue weighted by Gasteiger charge is -2.13. The number of nitriles is 1. The third-order valence-corrected chi connectivity index (χ3v) is 3.40. The average Bonchev–Trinajstić information content (AvgIpc) is 2.38. The number of benzene rings is 1. The van der Waals surface area contributed by atoms with E-state index in [9.17, 15) is 4.79 Å². The van der Waals surface area contributed by atoms with Crippen LogP contribution in [0.15, 0.2) is 6.07 Å². The van der Waals surface area contributed by atoms with E-state index in [1.807, 2.05) is 33.8 Å². The zero-order chi connectivity index (χ0) is 12.1. The fourth-order valence-electron chi connectivity index (χ4n) is 2.58. The molecule has 0 aliphatic heterocycles. The van der Waals surface area contributed by atoms with Gasteiger partial charge in [0.1, 0.15) is 0 Å². The predicted molar refractivity (Wildman–Crippen MR) is 62.4 cm³/mol. The van der Waals surface area contributed by atoms with Gasteiger partial charge in [0.2, 0.25) is 0 Å². The maximum Gasteiger partial charge on any atom is 0.169 e. The van der Waals surface area contributed by atoms with Crippen LogP contribution in [0.1, 0.15) is 46.5 Å². The van der Waals surface area contributed by atoms with Crippen molar-refractivity contribution in [2.45, 2.75) is 34.1 Å². The molecule has 0 amide bonds. The van der Waals surface area contributed by atoms with Crippen LogP contribution >= 0.6 is 0 Å². The van der Waals surface area contributed by atoms with E-state index in [1.165, 1.54) is 0 Å². The van der Waals surface area contributed by atoms with E-state index in [4.69, 9.17) is 5.26 Å². The fraction of sp³-hybridized carbons (Fsp3) is 0.429. The summed E-state index contributed by atoms with van der Waals surface area (Å²) in [5.74, 6) is 0.177. The number of fused-ring (bicyclic) bond motifs is 1. The maximum atomic E-state index is 12.2. The van der Waals surface area contributed by atoms with Crippen molar-refractivity contribution in [3.05, 3.63) is 33.9 Å². The van der Waals surface area contributed by atoms with E-state index < -0.39 is 0 Å². The number of nitrogens with zero attached hydrogens (tertiary/aromatic N) is 1. The van der Waals surface area contributed by atoms with Crippen LogP contribution in [-0.4, -0.2) is 5.78 Å². The molecule has 1 aromatic rings. The number of ketones is 1. The first-order valence-electron chi connectivity index (χ1n) is 5.46. The number of carbonyl (C=O) groups excluding carboxylic acids is 1. The second kappa shape index (κ2) is 3.18. The van der Waals surface area contributed by atoms with Gasteiger partial charge in [0, 0.05) is 11.0 Å². The van der Waals surface area contributed by atoms with E-state index in [-0.39, 0.29) is 11.2 Å². The zero-order valence-corrected chi connectivity index (χ0v) is 10.1. The Balaban J connectivity index is 2.80. The van der Waals surface area contributed by atoms with Crippen molar-refractivity contribution >= 4 is 5.78 Å². The van der Waals surface area contributed by atoms with Crippen molar-refractivity contribution in [2.75, 3.05) is 0 Å². The normalized spacial score (nSPS) is 17.1. The van der Waals surface area contributed by atoms with Gasteiger partial charge in [0.25, 0.3) is 0 Å². The van der Waals surface area contributed by atoms with Crippen molar-refractivity contribution in [1.29, 1.82) is 5.26 Å². The van der Waals surface area contributed by atoms with Gasteiger partial charge >= 0.3 is 0 Å². The third-order valence-electron chi connectivity index (χ3n) is 3.40. The Labute approximate surface area is 95.9 Å². The Morgan fingerprint density at radius 3 is 2.50 bits per heavy atom. The smallest absolute Gasteiger partial charge is 0.169 e. The summed E-state index contributed by atoms with van der Waals surface area (Å²) in [6.07, 6.45) is 0.687. The van der Waals surface area contributed by atoms with E-state index in [0.29, 0.717) is 12.0 Å². The molecule has 0 N–H and O–H groups in total. The van der Waals surface area contributed by atoms with E-state index in [0.717, 1.165) is 22.3 Å². The Morgan fingerprint density at radius 2 is 1.94 bits per heavy atom. The lowest BCUT2D eigenvalue weighted by Crippen LogP contribution is -2.19. The lowest BCUT2D eigenvalue weighted by molar-refractivity contribution is 0.0863. The highest BCUT2D eigenvalue weighted by Gasteiger charge is 2.40. The molecule has 0 fully saturated rings. The standard InChI is InChI=1S/C14H15NO/c1-8-5-9(2)12-10(11(8)7-15)6-14(3,4)13(12)16/h5H,6H2,1-4H3. The summed E-state index contributed by atoms with van der Waals surface area (Å²) >= 11 is 0. The van der Waals surface area contributed by atoms with Gasteiger partial charge in [-0.15, -0.1) is 0 Å². The first-order valence-corrected chi connectivity index (χ1v) is 5.46. The quantitative estimate of drug-likeness (QED) is 0.664. The van der Waals surface area contributed by atoms with Gasteiger partial charge in [-0.2, -0.15) is 5.26 Å². The number of hydrogen-bond acceptors (Lipinski definition) is 2. The molecule has 2 rings (SSSR count). The van der Waals surface area contributed by atoms with Crippen molar-refractivity contribution < 1.29 is 4.79 Å². The SMILES string of the molecule is Cc1cc(C)c2c(c1C#N)CC(C)(C)C2=O. The minimum Gasteiger partial charge on any atom is -0.294 e. The van der Waals surface area contributed by atoms with Crippen molar-refractivity contribution in [1.82, 2.24) is 0 Å². The number of carbonyl (C=O) groups is 1. The molecule has 82 valence electrons. The van der Waals surface area contributed by atoms with Gasteiger partial charge in [-0.25, -0.2) is 0 Å². The Hall–Kier alpha value is -1.62. The van der Waals surface area contributed by atoms with Gasteiger partial charge in [-0.1, -0.05) is 19.9 Å². The summed E-state index contributed by atoms with van der Waals surface area (Å²) in [4.78, 5) is 12.2. The Bertz CT molecular complexity index is 533. The monoisotopic (exact) mass is 213 g/mol. The van der Waals surface area contributed by atoms with Gasteiger partial charge in [-0.3, -0.25) is 4.79 Å². The molecule has 16 heavy (non-hydrogen) atoms. The van der Waals surface area contributed by atoms with Gasteiger partial charge in [0.15, 0.2) is 5.78 Å². The highest BCUT2D eigenvalue weighted by Crippen LogP contribution is 2.40. The maximum absolute atomic E-state index is 12.2. The van der Waals surface area contributed by atoms with Crippen molar-refractivity contribution in [2.24, 2.45) is 5.41 Å². The molecular formula is C14H15NO. The second-order valence-electron chi connectivity index (χ2n) is 5.24. The third kappa shape index (κ3) is 1.28. The Morgan fingerprint density at radius 1 is 1.31 bits per heavy atom. The zero-order valence-electron chi connectivity index (χ0n) is 10.1. The van der Waals surface area contributed by atoms with Crippen LogP contribution in [0.25, 0.3) is 0 Å². The van der Waals surface area contributed by atoms with E-state index >= 15 is 0 Å². The summed E-state index contributed by atoms with van der Waals surface area (Å²) in [5.41, 5.74) is 4.06. The highest BCUT2D eigenvalue weighted by atomic mass is 16.1. The number of Topliss-reactive ketones (excluding diaryl/α,β-unsaturated/α-hetero) is 1. The van der Waals surface area contributed by atoms with Crippen molar-refractivity contribution in [3.63, 3.8) is 0 Å². The number of hydrogen-bond donors (Lipinski definition) is 0. The molecule has 1 aliphatic carbocycles. The summed E-state index contributed by atoms with van der Waals surface area (Å²) in [7, 11) is 0. The second-order valence-corrected chi connectivity index (χ2v) is 5.24. The summed E-state index contributed by atoms with van der Waals surface area (Å²) < 4.78 is 0. The van der Waals surface area contributed by atoms with Gasteiger partial charge in [-0.05, 0) is 37.0 Å². The van der Waals surface area contributed by atoms with Crippen LogP contribution in [0.3, 0.4) is 0 Å². The molecule has 0 spiro atoms. The van der Waals surface area contributed by atoms with Crippen LogP contribution in [0.4, 0.5) is 0 Å². The van der Waals surface area contributed by atoms with Crippen LogP contribution in [0.5, 0.6) is 0 Å². The Kier molecular flexibility index (Phi) is 2.17. The topological polar surface area (TPSA) is 40.9 Å². The van der Waals surface area contributed by atoms with Gasteiger partial charge in [0.05, 0.1) is 11.6 Å². The highest BCUT2D eigenvalue weighted by molar-refractivity contribution is 6.06. The molecule has 0 saturated carbocycles. The van der Waals surface area contributed by atoms with Crippen LogP contribution < -0.4 is 0 Å².